The maximum atomic E-state index is 13.7. The molecule has 0 spiro atoms. The summed E-state index contributed by atoms with van der Waals surface area (Å²) in [6.07, 6.45) is 5.66. The van der Waals surface area contributed by atoms with Gasteiger partial charge in [-0.2, -0.15) is 0 Å². The second-order valence-corrected chi connectivity index (χ2v) is 10.1. The van der Waals surface area contributed by atoms with Crippen molar-refractivity contribution < 1.29 is 18.6 Å². The van der Waals surface area contributed by atoms with Gasteiger partial charge in [0.2, 0.25) is 0 Å². The van der Waals surface area contributed by atoms with Gasteiger partial charge >= 0.3 is 0 Å². The van der Waals surface area contributed by atoms with Gasteiger partial charge in [-0.15, -0.1) is 5.10 Å². The van der Waals surface area contributed by atoms with Crippen molar-refractivity contribution in [3.05, 3.63) is 70.2 Å². The largest absolute Gasteiger partial charge is 0.494 e. The van der Waals surface area contributed by atoms with Crippen LogP contribution in [-0.2, 0) is 22.6 Å². The molecule has 0 bridgehead atoms. The molecular weight excluding hydrogens is 500 g/mol. The van der Waals surface area contributed by atoms with Crippen LogP contribution in [0.2, 0.25) is 0 Å². The lowest BCUT2D eigenvalue weighted by Gasteiger charge is -2.32. The Kier molecular flexibility index (Phi) is 7.71. The number of pyridine rings is 1. The van der Waals surface area contributed by atoms with Crippen LogP contribution >= 0.6 is 0 Å². The Morgan fingerprint density at radius 2 is 2.00 bits per heavy atom. The van der Waals surface area contributed by atoms with Crippen molar-refractivity contribution in [2.45, 2.75) is 63.9 Å². The summed E-state index contributed by atoms with van der Waals surface area (Å²) in [6.45, 7) is 5.55. The van der Waals surface area contributed by atoms with Gasteiger partial charge in [0, 0.05) is 36.2 Å². The molecule has 206 valence electrons. The number of nitrogens with zero attached hydrogens (tertiary/aromatic N) is 5. The molecule has 11 nitrogen and oxygen atoms in total. The van der Waals surface area contributed by atoms with Gasteiger partial charge in [-0.3, -0.25) is 9.69 Å². The molecular formula is C28H34N6O5. The highest BCUT2D eigenvalue weighted by Crippen LogP contribution is 2.31. The average Bonchev–Trinajstić information content (AvgIpc) is 3.75. The van der Waals surface area contributed by atoms with Crippen LogP contribution in [0, 0.1) is 0 Å². The van der Waals surface area contributed by atoms with Crippen LogP contribution < -0.4 is 10.3 Å². The molecule has 3 aromatic heterocycles. The molecule has 6 rings (SSSR count). The summed E-state index contributed by atoms with van der Waals surface area (Å²) in [4.78, 5) is 19.0. The summed E-state index contributed by atoms with van der Waals surface area (Å²) in [5, 5.41) is 13.7. The van der Waals surface area contributed by atoms with E-state index in [0.717, 1.165) is 61.3 Å². The molecule has 2 fully saturated rings. The lowest BCUT2D eigenvalue weighted by Crippen LogP contribution is -2.39. The SMILES string of the molecule is CCOc1ccc2[nH]c(=O)c([C@H](c3nnnn3C[C@H]3CCCO3)N(Cc3ccco3)C[C@@H]3CCCO3)cc2c1. The normalized spacial score (nSPS) is 20.3. The Morgan fingerprint density at radius 1 is 1.15 bits per heavy atom. The number of rotatable bonds is 11. The number of hydrogen-bond acceptors (Lipinski definition) is 9. The van der Waals surface area contributed by atoms with Crippen LogP contribution in [0.25, 0.3) is 10.9 Å². The highest BCUT2D eigenvalue weighted by Gasteiger charge is 2.34. The van der Waals surface area contributed by atoms with Crippen molar-refractivity contribution in [2.75, 3.05) is 26.4 Å². The number of aromatic amines is 1. The fourth-order valence-electron chi connectivity index (χ4n) is 5.59. The Balaban J connectivity index is 1.47. The first kappa shape index (κ1) is 25.7. The number of aromatic nitrogens is 5. The number of H-pyrrole nitrogens is 1. The van der Waals surface area contributed by atoms with Gasteiger partial charge in [0.05, 0.1) is 38.2 Å². The van der Waals surface area contributed by atoms with E-state index in [9.17, 15) is 4.79 Å². The molecule has 0 radical (unpaired) electrons. The van der Waals surface area contributed by atoms with Gasteiger partial charge in [0.1, 0.15) is 17.6 Å². The Morgan fingerprint density at radius 3 is 2.74 bits per heavy atom. The number of fused-ring (bicyclic) bond motifs is 1. The second-order valence-electron chi connectivity index (χ2n) is 10.1. The average molecular weight is 535 g/mol. The molecule has 0 aliphatic carbocycles. The first-order chi connectivity index (χ1) is 19.2. The van der Waals surface area contributed by atoms with Crippen molar-refractivity contribution in [1.29, 1.82) is 0 Å². The Bertz CT molecular complexity index is 1420. The van der Waals surface area contributed by atoms with E-state index in [0.29, 0.717) is 37.6 Å². The molecule has 2 saturated heterocycles. The van der Waals surface area contributed by atoms with E-state index in [2.05, 4.69) is 25.4 Å². The number of hydrogen-bond donors (Lipinski definition) is 1. The first-order valence-electron chi connectivity index (χ1n) is 13.7. The Hall–Kier alpha value is -3.54. The van der Waals surface area contributed by atoms with E-state index in [1.807, 2.05) is 43.3 Å². The topological polar surface area (TPSA) is 121 Å². The molecule has 2 aliphatic heterocycles. The summed E-state index contributed by atoms with van der Waals surface area (Å²) in [5.41, 5.74) is 1.09. The number of benzene rings is 1. The maximum absolute atomic E-state index is 13.7. The van der Waals surface area contributed by atoms with Crippen LogP contribution in [0.5, 0.6) is 5.75 Å². The zero-order valence-electron chi connectivity index (χ0n) is 22.1. The van der Waals surface area contributed by atoms with E-state index in [4.69, 9.17) is 18.6 Å². The molecule has 0 saturated carbocycles. The highest BCUT2D eigenvalue weighted by molar-refractivity contribution is 5.80. The minimum Gasteiger partial charge on any atom is -0.494 e. The highest BCUT2D eigenvalue weighted by atomic mass is 16.5. The fourth-order valence-corrected chi connectivity index (χ4v) is 5.59. The van der Waals surface area contributed by atoms with Crippen molar-refractivity contribution in [3.8, 4) is 5.75 Å². The minimum absolute atomic E-state index is 0.0354. The van der Waals surface area contributed by atoms with Crippen LogP contribution in [0.15, 0.2) is 51.9 Å². The standard InChI is InChI=1S/C28H34N6O5/c1-2-36-20-9-10-25-19(14-20)15-24(28(35)29-25)26(27-30-31-32-34(27)18-23-8-5-13-39-23)33(16-21-6-3-11-37-21)17-22-7-4-12-38-22/h3,6,9-11,14-15,22-23,26H,2,4-5,7-8,12-13,16-18H2,1H3,(H,29,35)/t22-,23+,26+/m0/s1. The molecule has 3 atom stereocenters. The monoisotopic (exact) mass is 534 g/mol. The van der Waals surface area contributed by atoms with E-state index >= 15 is 0 Å². The quantitative estimate of drug-likeness (QED) is 0.308. The lowest BCUT2D eigenvalue weighted by atomic mass is 10.0. The molecule has 11 heteroatoms. The third-order valence-electron chi connectivity index (χ3n) is 7.42. The summed E-state index contributed by atoms with van der Waals surface area (Å²) < 4.78 is 25.2. The van der Waals surface area contributed by atoms with Gasteiger partial charge < -0.3 is 23.6 Å². The zero-order chi connectivity index (χ0) is 26.6. The van der Waals surface area contributed by atoms with Gasteiger partial charge in [-0.1, -0.05) is 0 Å². The molecule has 5 heterocycles. The first-order valence-corrected chi connectivity index (χ1v) is 13.7. The van der Waals surface area contributed by atoms with Gasteiger partial charge in [0.15, 0.2) is 5.82 Å². The summed E-state index contributed by atoms with van der Waals surface area (Å²) in [6, 6.07) is 10.9. The van der Waals surface area contributed by atoms with Crippen molar-refractivity contribution >= 4 is 10.9 Å². The van der Waals surface area contributed by atoms with Crippen LogP contribution in [0.1, 0.15) is 55.8 Å². The Labute approximate surface area is 226 Å². The molecule has 4 aromatic rings. The molecule has 1 N–H and O–H groups in total. The fraction of sp³-hybridized carbons (Fsp3) is 0.500. The van der Waals surface area contributed by atoms with Crippen molar-refractivity contribution in [2.24, 2.45) is 0 Å². The van der Waals surface area contributed by atoms with E-state index in [1.54, 1.807) is 10.9 Å². The molecule has 0 unspecified atom stereocenters. The summed E-state index contributed by atoms with van der Waals surface area (Å²) >= 11 is 0. The third kappa shape index (κ3) is 5.75. The molecule has 39 heavy (non-hydrogen) atoms. The van der Waals surface area contributed by atoms with Crippen molar-refractivity contribution in [3.63, 3.8) is 0 Å². The van der Waals surface area contributed by atoms with Crippen molar-refractivity contribution in [1.82, 2.24) is 30.1 Å². The van der Waals surface area contributed by atoms with Gasteiger partial charge in [-0.05, 0) is 79.4 Å². The predicted molar refractivity (Wildman–Crippen MR) is 142 cm³/mol. The lowest BCUT2D eigenvalue weighted by molar-refractivity contribution is 0.0528. The second kappa shape index (κ2) is 11.7. The summed E-state index contributed by atoms with van der Waals surface area (Å²) in [5.74, 6) is 2.11. The number of tetrazole rings is 1. The minimum atomic E-state index is -0.556. The van der Waals surface area contributed by atoms with Crippen LogP contribution in [0.4, 0.5) is 0 Å². The summed E-state index contributed by atoms with van der Waals surface area (Å²) in [7, 11) is 0. The predicted octanol–water partition coefficient (Wildman–Crippen LogP) is 3.46. The molecule has 2 aliphatic rings. The number of ether oxygens (including phenoxy) is 3. The maximum Gasteiger partial charge on any atom is 0.253 e. The van der Waals surface area contributed by atoms with E-state index in [1.165, 1.54) is 0 Å². The number of furan rings is 1. The molecule has 1 aromatic carbocycles. The van der Waals surface area contributed by atoms with Gasteiger partial charge in [-0.25, -0.2) is 4.68 Å². The van der Waals surface area contributed by atoms with Crippen LogP contribution in [0.3, 0.4) is 0 Å². The van der Waals surface area contributed by atoms with E-state index in [-0.39, 0.29) is 17.8 Å². The van der Waals surface area contributed by atoms with Crippen LogP contribution in [-0.4, -0.2) is 68.7 Å². The number of nitrogens with one attached hydrogen (secondary N) is 1. The smallest absolute Gasteiger partial charge is 0.253 e. The van der Waals surface area contributed by atoms with Gasteiger partial charge in [0.25, 0.3) is 5.56 Å². The third-order valence-corrected chi connectivity index (χ3v) is 7.42. The zero-order valence-corrected chi connectivity index (χ0v) is 22.1. The molecule has 0 amide bonds. The van der Waals surface area contributed by atoms with E-state index < -0.39 is 6.04 Å².